The van der Waals surface area contributed by atoms with Crippen molar-refractivity contribution in [2.75, 3.05) is 5.73 Å². The fourth-order valence-electron chi connectivity index (χ4n) is 0.728. The van der Waals surface area contributed by atoms with Crippen LogP contribution >= 0.6 is 15.9 Å². The van der Waals surface area contributed by atoms with Crippen LogP contribution in [0.3, 0.4) is 0 Å². The van der Waals surface area contributed by atoms with Crippen molar-refractivity contribution in [2.24, 2.45) is 5.16 Å². The third kappa shape index (κ3) is 1.71. The molecule has 1 rings (SSSR count). The van der Waals surface area contributed by atoms with Gasteiger partial charge in [-0.1, -0.05) is 17.3 Å². The van der Waals surface area contributed by atoms with Crippen molar-refractivity contribution in [2.45, 2.75) is 0 Å². The summed E-state index contributed by atoms with van der Waals surface area (Å²) in [5.41, 5.74) is 6.89. The van der Waals surface area contributed by atoms with Crippen LogP contribution in [0.4, 0.5) is 5.69 Å². The van der Waals surface area contributed by atoms with Gasteiger partial charge in [0.2, 0.25) is 0 Å². The van der Waals surface area contributed by atoms with Gasteiger partial charge in [0, 0.05) is 10.0 Å². The highest BCUT2D eigenvalue weighted by molar-refractivity contribution is 9.10. The van der Waals surface area contributed by atoms with Gasteiger partial charge in [0.15, 0.2) is 0 Å². The Morgan fingerprint density at radius 2 is 2.27 bits per heavy atom. The van der Waals surface area contributed by atoms with E-state index in [1.165, 1.54) is 6.21 Å². The molecule has 0 saturated carbocycles. The van der Waals surface area contributed by atoms with Crippen molar-refractivity contribution in [1.82, 2.24) is 0 Å². The number of hydrogen-bond donors (Lipinski definition) is 2. The quantitative estimate of drug-likeness (QED) is 0.325. The predicted molar refractivity (Wildman–Crippen MR) is 47.9 cm³/mol. The van der Waals surface area contributed by atoms with E-state index in [0.29, 0.717) is 11.3 Å². The molecule has 0 heterocycles. The molecular formula is C7H7BrN2O. The van der Waals surface area contributed by atoms with Gasteiger partial charge in [-0.25, -0.2) is 0 Å². The highest BCUT2D eigenvalue weighted by Gasteiger charge is 1.98. The van der Waals surface area contributed by atoms with Gasteiger partial charge in [-0.3, -0.25) is 0 Å². The van der Waals surface area contributed by atoms with Crippen molar-refractivity contribution >= 4 is 27.8 Å². The summed E-state index contributed by atoms with van der Waals surface area (Å²) in [4.78, 5) is 0. The van der Waals surface area contributed by atoms with Crippen molar-refractivity contribution < 1.29 is 5.21 Å². The summed E-state index contributed by atoms with van der Waals surface area (Å²) in [7, 11) is 0. The summed E-state index contributed by atoms with van der Waals surface area (Å²) >= 11 is 3.25. The fraction of sp³-hybridized carbons (Fsp3) is 0. The molecule has 1 aromatic carbocycles. The lowest BCUT2D eigenvalue weighted by atomic mass is 10.2. The number of nitrogen functional groups attached to an aromatic ring is 1. The first-order valence-electron chi connectivity index (χ1n) is 2.97. The molecule has 0 radical (unpaired) electrons. The van der Waals surface area contributed by atoms with E-state index in [4.69, 9.17) is 10.9 Å². The summed E-state index contributed by atoms with van der Waals surface area (Å²) < 4.78 is 0.801. The Labute approximate surface area is 72.6 Å². The zero-order valence-corrected chi connectivity index (χ0v) is 7.25. The molecule has 11 heavy (non-hydrogen) atoms. The van der Waals surface area contributed by atoms with Gasteiger partial charge >= 0.3 is 0 Å². The zero-order chi connectivity index (χ0) is 8.27. The van der Waals surface area contributed by atoms with E-state index < -0.39 is 0 Å². The fourth-order valence-corrected chi connectivity index (χ4v) is 1.11. The number of hydrogen-bond acceptors (Lipinski definition) is 3. The van der Waals surface area contributed by atoms with Crippen LogP contribution in [-0.4, -0.2) is 11.4 Å². The maximum Gasteiger partial charge on any atom is 0.0754 e. The van der Waals surface area contributed by atoms with Gasteiger partial charge in [0.1, 0.15) is 0 Å². The topological polar surface area (TPSA) is 58.6 Å². The molecule has 1 aromatic rings. The molecule has 0 spiro atoms. The number of rotatable bonds is 1. The van der Waals surface area contributed by atoms with Crippen LogP contribution in [0, 0.1) is 0 Å². The molecule has 4 heteroatoms. The number of para-hydroxylation sites is 1. The van der Waals surface area contributed by atoms with Gasteiger partial charge in [0.25, 0.3) is 0 Å². The first-order chi connectivity index (χ1) is 5.25. The van der Waals surface area contributed by atoms with Gasteiger partial charge in [-0.05, 0) is 22.0 Å². The van der Waals surface area contributed by atoms with Crippen molar-refractivity contribution in [3.8, 4) is 0 Å². The smallest absolute Gasteiger partial charge is 0.0754 e. The van der Waals surface area contributed by atoms with Crippen LogP contribution in [0.25, 0.3) is 0 Å². The van der Waals surface area contributed by atoms with Crippen LogP contribution in [-0.2, 0) is 0 Å². The maximum atomic E-state index is 8.23. The summed E-state index contributed by atoms with van der Waals surface area (Å²) in [6, 6.07) is 5.40. The molecule has 0 atom stereocenters. The van der Waals surface area contributed by atoms with E-state index >= 15 is 0 Å². The average molecular weight is 215 g/mol. The normalized spacial score (nSPS) is 10.6. The Morgan fingerprint density at radius 3 is 2.91 bits per heavy atom. The maximum absolute atomic E-state index is 8.23. The molecule has 0 fully saturated rings. The van der Waals surface area contributed by atoms with E-state index in [1.807, 2.05) is 12.1 Å². The van der Waals surface area contributed by atoms with E-state index in [2.05, 4.69) is 21.1 Å². The highest BCUT2D eigenvalue weighted by atomic mass is 79.9. The summed E-state index contributed by atoms with van der Waals surface area (Å²) in [6.07, 6.45) is 1.29. The van der Waals surface area contributed by atoms with E-state index in [0.717, 1.165) is 4.47 Å². The lowest BCUT2D eigenvalue weighted by molar-refractivity contribution is 0.322. The molecule has 0 bridgehead atoms. The van der Waals surface area contributed by atoms with Gasteiger partial charge in [-0.2, -0.15) is 0 Å². The summed E-state index contributed by atoms with van der Waals surface area (Å²) in [6.45, 7) is 0. The number of oxime groups is 1. The lowest BCUT2D eigenvalue weighted by Crippen LogP contribution is -1.93. The number of nitrogens with two attached hydrogens (primary N) is 1. The van der Waals surface area contributed by atoms with Crippen LogP contribution in [0.2, 0.25) is 0 Å². The molecule has 0 amide bonds. The largest absolute Gasteiger partial charge is 0.411 e. The minimum Gasteiger partial charge on any atom is -0.411 e. The van der Waals surface area contributed by atoms with Crippen molar-refractivity contribution in [3.63, 3.8) is 0 Å². The third-order valence-corrected chi connectivity index (χ3v) is 1.97. The standard InChI is InChI=1S/C7H7BrN2O/c8-6-3-1-2-5(4-10-11)7(6)9/h1-4,11H,9H2. The number of anilines is 1. The van der Waals surface area contributed by atoms with Gasteiger partial charge in [0.05, 0.1) is 11.9 Å². The molecule has 0 aromatic heterocycles. The minimum atomic E-state index is 0.574. The Bertz CT molecular complexity index is 286. The Kier molecular flexibility index (Phi) is 2.48. The second kappa shape index (κ2) is 3.39. The van der Waals surface area contributed by atoms with Crippen molar-refractivity contribution in [1.29, 1.82) is 0 Å². The van der Waals surface area contributed by atoms with Crippen LogP contribution < -0.4 is 5.73 Å². The minimum absolute atomic E-state index is 0.574. The first-order valence-corrected chi connectivity index (χ1v) is 3.76. The molecule has 0 aliphatic heterocycles. The van der Waals surface area contributed by atoms with Crippen LogP contribution in [0.5, 0.6) is 0 Å². The number of nitrogens with zero attached hydrogens (tertiary/aromatic N) is 1. The summed E-state index contributed by atoms with van der Waals surface area (Å²) in [5.74, 6) is 0. The molecule has 0 saturated heterocycles. The molecule has 0 unspecified atom stereocenters. The summed E-state index contributed by atoms with van der Waals surface area (Å²) in [5, 5.41) is 11.1. The highest BCUT2D eigenvalue weighted by Crippen LogP contribution is 2.21. The SMILES string of the molecule is Nc1c(Br)cccc1C=NO. The Balaban J connectivity index is 3.16. The van der Waals surface area contributed by atoms with Crippen LogP contribution in [0.15, 0.2) is 27.8 Å². The predicted octanol–water partition coefficient (Wildman–Crippen LogP) is 1.84. The molecular weight excluding hydrogens is 208 g/mol. The van der Waals surface area contributed by atoms with Gasteiger partial charge < -0.3 is 10.9 Å². The number of halogens is 1. The second-order valence-corrected chi connectivity index (χ2v) is 2.84. The third-order valence-electron chi connectivity index (χ3n) is 1.28. The molecule has 3 N–H and O–H groups in total. The Hall–Kier alpha value is -1.03. The van der Waals surface area contributed by atoms with E-state index in [-0.39, 0.29) is 0 Å². The average Bonchev–Trinajstić information content (AvgIpc) is 1.99. The van der Waals surface area contributed by atoms with Crippen LogP contribution in [0.1, 0.15) is 5.56 Å². The second-order valence-electron chi connectivity index (χ2n) is 1.99. The molecule has 58 valence electrons. The van der Waals surface area contributed by atoms with E-state index in [9.17, 15) is 0 Å². The Morgan fingerprint density at radius 1 is 1.55 bits per heavy atom. The first kappa shape index (κ1) is 8.07. The molecule has 0 aliphatic carbocycles. The molecule has 0 aliphatic rings. The van der Waals surface area contributed by atoms with Gasteiger partial charge in [-0.15, -0.1) is 0 Å². The molecule has 3 nitrogen and oxygen atoms in total. The monoisotopic (exact) mass is 214 g/mol. The number of benzene rings is 1. The van der Waals surface area contributed by atoms with Crippen molar-refractivity contribution in [3.05, 3.63) is 28.2 Å². The van der Waals surface area contributed by atoms with E-state index in [1.54, 1.807) is 6.07 Å². The lowest BCUT2D eigenvalue weighted by Gasteiger charge is -1.99. The zero-order valence-electron chi connectivity index (χ0n) is 5.66.